The number of hydrogen-bond donors (Lipinski definition) is 2. The molecule has 2 aliphatic carbocycles. The van der Waals surface area contributed by atoms with E-state index in [1.54, 1.807) is 0 Å². The molecule has 1 amide bonds. The highest BCUT2D eigenvalue weighted by Gasteiger charge is 2.35. The molecule has 128 valence electrons. The number of alkyl carbamates (subject to hydrolysis) is 1. The number of nitrogens with one attached hydrogen (secondary N) is 2. The number of carbonyl (C=O) groups is 1. The van der Waals surface area contributed by atoms with Crippen LogP contribution in [0.15, 0.2) is 0 Å². The predicted octanol–water partition coefficient (Wildman–Crippen LogP) is 3.99. The quantitative estimate of drug-likeness (QED) is 0.807. The summed E-state index contributed by atoms with van der Waals surface area (Å²) in [6.07, 6.45) is 9.65. The average Bonchev–Trinajstić information content (AvgIpc) is 2.36. The van der Waals surface area contributed by atoms with Crippen LogP contribution in [0, 0.1) is 5.41 Å². The Hall–Kier alpha value is -0.770. The zero-order valence-electron chi connectivity index (χ0n) is 14.8. The monoisotopic (exact) mass is 310 g/mol. The SMILES string of the molecule is CCC1(CNC2CCCC(NC(=O)OC(C)(C)C)C2)CCC1. The van der Waals surface area contributed by atoms with Gasteiger partial charge in [-0.25, -0.2) is 4.79 Å². The molecular weight excluding hydrogens is 276 g/mol. The Morgan fingerprint density at radius 1 is 1.18 bits per heavy atom. The number of ether oxygens (including phenoxy) is 1. The van der Waals surface area contributed by atoms with E-state index >= 15 is 0 Å². The summed E-state index contributed by atoms with van der Waals surface area (Å²) in [4.78, 5) is 11.9. The third-order valence-electron chi connectivity index (χ3n) is 5.33. The van der Waals surface area contributed by atoms with Crippen LogP contribution < -0.4 is 10.6 Å². The molecule has 2 atom stereocenters. The van der Waals surface area contributed by atoms with Gasteiger partial charge in [-0.3, -0.25) is 0 Å². The van der Waals surface area contributed by atoms with Crippen LogP contribution >= 0.6 is 0 Å². The number of amides is 1. The van der Waals surface area contributed by atoms with E-state index in [1.165, 1.54) is 38.5 Å². The molecule has 0 radical (unpaired) electrons. The van der Waals surface area contributed by atoms with Gasteiger partial charge in [0.1, 0.15) is 5.60 Å². The van der Waals surface area contributed by atoms with Crippen molar-refractivity contribution in [3.05, 3.63) is 0 Å². The maximum absolute atomic E-state index is 11.9. The molecule has 0 saturated heterocycles. The zero-order valence-corrected chi connectivity index (χ0v) is 14.8. The van der Waals surface area contributed by atoms with Crippen LogP contribution in [0.5, 0.6) is 0 Å². The molecule has 0 bridgehead atoms. The van der Waals surface area contributed by atoms with Gasteiger partial charge in [-0.05, 0) is 71.1 Å². The first-order valence-corrected chi connectivity index (χ1v) is 9.05. The van der Waals surface area contributed by atoms with Crippen molar-refractivity contribution < 1.29 is 9.53 Å². The molecule has 2 unspecified atom stereocenters. The van der Waals surface area contributed by atoms with E-state index in [0.717, 1.165) is 19.4 Å². The molecule has 0 aromatic carbocycles. The fourth-order valence-electron chi connectivity index (χ4n) is 3.67. The van der Waals surface area contributed by atoms with Gasteiger partial charge in [-0.1, -0.05) is 13.3 Å². The maximum atomic E-state index is 11.9. The number of hydrogen-bond acceptors (Lipinski definition) is 3. The molecule has 22 heavy (non-hydrogen) atoms. The summed E-state index contributed by atoms with van der Waals surface area (Å²) >= 11 is 0. The fourth-order valence-corrected chi connectivity index (χ4v) is 3.67. The average molecular weight is 310 g/mol. The van der Waals surface area contributed by atoms with E-state index in [9.17, 15) is 4.79 Å². The van der Waals surface area contributed by atoms with Crippen molar-refractivity contribution in [1.29, 1.82) is 0 Å². The van der Waals surface area contributed by atoms with Crippen molar-refractivity contribution in [2.75, 3.05) is 6.54 Å². The van der Waals surface area contributed by atoms with Crippen LogP contribution in [0.25, 0.3) is 0 Å². The summed E-state index contributed by atoms with van der Waals surface area (Å²) in [5.41, 5.74) is 0.139. The lowest BCUT2D eigenvalue weighted by atomic mass is 9.67. The molecule has 0 heterocycles. The number of carbonyl (C=O) groups excluding carboxylic acids is 1. The van der Waals surface area contributed by atoms with Crippen LogP contribution in [0.2, 0.25) is 0 Å². The van der Waals surface area contributed by atoms with Gasteiger partial charge in [0.05, 0.1) is 0 Å². The Labute approximate surface area is 135 Å². The minimum Gasteiger partial charge on any atom is -0.444 e. The van der Waals surface area contributed by atoms with Gasteiger partial charge in [0.15, 0.2) is 0 Å². The van der Waals surface area contributed by atoms with Gasteiger partial charge >= 0.3 is 6.09 Å². The van der Waals surface area contributed by atoms with Crippen molar-refractivity contribution in [1.82, 2.24) is 10.6 Å². The Bertz CT molecular complexity index is 366. The molecule has 4 heteroatoms. The lowest BCUT2D eigenvalue weighted by molar-refractivity contribution is 0.0485. The molecule has 0 aromatic rings. The first-order valence-electron chi connectivity index (χ1n) is 9.05. The van der Waals surface area contributed by atoms with Gasteiger partial charge in [-0.2, -0.15) is 0 Å². The van der Waals surface area contributed by atoms with Gasteiger partial charge in [0, 0.05) is 18.6 Å². The molecular formula is C18H34N2O2. The van der Waals surface area contributed by atoms with Crippen molar-refractivity contribution in [3.8, 4) is 0 Å². The second-order valence-corrected chi connectivity index (χ2v) is 8.29. The topological polar surface area (TPSA) is 50.4 Å². The van der Waals surface area contributed by atoms with Gasteiger partial charge < -0.3 is 15.4 Å². The minimum absolute atomic E-state index is 0.250. The van der Waals surface area contributed by atoms with E-state index in [2.05, 4.69) is 17.6 Å². The highest BCUT2D eigenvalue weighted by atomic mass is 16.6. The lowest BCUT2D eigenvalue weighted by Crippen LogP contribution is -2.48. The van der Waals surface area contributed by atoms with Gasteiger partial charge in [0.25, 0.3) is 0 Å². The Morgan fingerprint density at radius 2 is 1.86 bits per heavy atom. The highest BCUT2D eigenvalue weighted by Crippen LogP contribution is 2.43. The molecule has 2 saturated carbocycles. The molecule has 2 aliphatic rings. The van der Waals surface area contributed by atoms with Crippen LogP contribution in [-0.4, -0.2) is 30.3 Å². The van der Waals surface area contributed by atoms with Crippen molar-refractivity contribution in [2.24, 2.45) is 5.41 Å². The first kappa shape index (κ1) is 17.6. The summed E-state index contributed by atoms with van der Waals surface area (Å²) in [5, 5.41) is 6.82. The number of rotatable bonds is 5. The van der Waals surface area contributed by atoms with E-state index in [-0.39, 0.29) is 12.1 Å². The van der Waals surface area contributed by atoms with Crippen molar-refractivity contribution in [2.45, 2.75) is 96.7 Å². The van der Waals surface area contributed by atoms with Crippen LogP contribution in [-0.2, 0) is 4.74 Å². The third-order valence-corrected chi connectivity index (χ3v) is 5.33. The van der Waals surface area contributed by atoms with E-state index in [1.807, 2.05) is 20.8 Å². The first-order chi connectivity index (χ1) is 10.3. The predicted molar refractivity (Wildman–Crippen MR) is 90.0 cm³/mol. The molecule has 0 spiro atoms. The standard InChI is InChI=1S/C18H34N2O2/c1-5-18(10-7-11-18)13-19-14-8-6-9-15(12-14)20-16(21)22-17(2,3)4/h14-15,19H,5-13H2,1-4H3,(H,20,21). The summed E-state index contributed by atoms with van der Waals surface area (Å²) in [6.45, 7) is 9.17. The molecule has 4 nitrogen and oxygen atoms in total. The second-order valence-electron chi connectivity index (χ2n) is 8.29. The minimum atomic E-state index is -0.422. The van der Waals surface area contributed by atoms with E-state index in [4.69, 9.17) is 4.74 Å². The van der Waals surface area contributed by atoms with Gasteiger partial charge in [-0.15, -0.1) is 0 Å². The summed E-state index contributed by atoms with van der Waals surface area (Å²) in [7, 11) is 0. The van der Waals surface area contributed by atoms with Crippen LogP contribution in [0.1, 0.15) is 79.1 Å². The molecule has 0 aromatic heterocycles. The molecule has 2 rings (SSSR count). The highest BCUT2D eigenvalue weighted by molar-refractivity contribution is 5.68. The third kappa shape index (κ3) is 5.15. The Kier molecular flexibility index (Phi) is 5.76. The summed E-state index contributed by atoms with van der Waals surface area (Å²) in [6, 6.07) is 0.790. The summed E-state index contributed by atoms with van der Waals surface area (Å²) in [5.74, 6) is 0. The smallest absolute Gasteiger partial charge is 0.407 e. The van der Waals surface area contributed by atoms with Gasteiger partial charge in [0.2, 0.25) is 0 Å². The van der Waals surface area contributed by atoms with E-state index in [0.29, 0.717) is 11.5 Å². The van der Waals surface area contributed by atoms with Crippen LogP contribution in [0.3, 0.4) is 0 Å². The largest absolute Gasteiger partial charge is 0.444 e. The van der Waals surface area contributed by atoms with Crippen LogP contribution in [0.4, 0.5) is 4.79 Å². The zero-order chi connectivity index (χ0) is 16.2. The lowest BCUT2D eigenvalue weighted by Gasteiger charge is -2.43. The molecule has 0 aliphatic heterocycles. The van der Waals surface area contributed by atoms with Crippen molar-refractivity contribution in [3.63, 3.8) is 0 Å². The maximum Gasteiger partial charge on any atom is 0.407 e. The molecule has 2 fully saturated rings. The summed E-state index contributed by atoms with van der Waals surface area (Å²) < 4.78 is 5.36. The van der Waals surface area contributed by atoms with E-state index < -0.39 is 5.60 Å². The normalized spacial score (nSPS) is 27.8. The molecule has 2 N–H and O–H groups in total. The Balaban J connectivity index is 1.73. The fraction of sp³-hybridized carbons (Fsp3) is 0.944. The Morgan fingerprint density at radius 3 is 2.41 bits per heavy atom. The second kappa shape index (κ2) is 7.20. The van der Waals surface area contributed by atoms with Crippen molar-refractivity contribution >= 4 is 6.09 Å².